The van der Waals surface area contributed by atoms with Crippen LogP contribution in [0.4, 0.5) is 5.69 Å². The zero-order valence-corrected chi connectivity index (χ0v) is 22.6. The monoisotopic (exact) mass is 536 g/mol. The molecule has 7 nitrogen and oxygen atoms in total. The van der Waals surface area contributed by atoms with Gasteiger partial charge in [0, 0.05) is 17.7 Å². The predicted octanol–water partition coefficient (Wildman–Crippen LogP) is 5.91. The lowest BCUT2D eigenvalue weighted by molar-refractivity contribution is -0.129. The molecule has 8 heteroatoms. The molecule has 0 unspecified atom stereocenters. The number of carboxylic acids is 1. The Kier molecular flexibility index (Phi) is 10.4. The standard InChI is InChI=1S/C16H13NO3.C14H20ClNO2/c18-15(19)14-11-16(20-17-14,12-7-3-1-4-8-12)13-9-5-2-6-10-13;1-4-12-8-6-7-11(3)14(12)16(10-18-5-2)13(17)9-15/h1-10H,11H2,(H,18,19);6-8H,4-5,9-10H2,1-3H3. The van der Waals surface area contributed by atoms with Crippen LogP contribution in [-0.2, 0) is 31.2 Å². The number of carbonyl (C=O) groups excluding carboxylic acids is 1. The number of aryl methyl sites for hydroxylation is 2. The Hall–Kier alpha value is -3.68. The number of anilines is 1. The number of oxime groups is 1. The van der Waals surface area contributed by atoms with Crippen molar-refractivity contribution in [2.24, 2.45) is 5.16 Å². The number of hydrogen-bond donors (Lipinski definition) is 1. The quantitative estimate of drug-likeness (QED) is 0.271. The molecule has 200 valence electrons. The maximum absolute atomic E-state index is 12.0. The van der Waals surface area contributed by atoms with Crippen molar-refractivity contribution < 1.29 is 24.3 Å². The molecule has 4 rings (SSSR count). The second-order valence-electron chi connectivity index (χ2n) is 8.68. The lowest BCUT2D eigenvalue weighted by Crippen LogP contribution is -2.35. The molecule has 0 atom stereocenters. The van der Waals surface area contributed by atoms with Gasteiger partial charge < -0.3 is 14.7 Å². The normalized spacial score (nSPS) is 13.5. The molecule has 38 heavy (non-hydrogen) atoms. The molecule has 0 saturated heterocycles. The van der Waals surface area contributed by atoms with E-state index in [1.54, 1.807) is 4.90 Å². The van der Waals surface area contributed by atoms with Crippen LogP contribution in [0.1, 0.15) is 42.5 Å². The molecule has 0 saturated carbocycles. The van der Waals surface area contributed by atoms with Crippen molar-refractivity contribution >= 4 is 34.9 Å². The third-order valence-corrected chi connectivity index (χ3v) is 6.50. The number of halogens is 1. The van der Waals surface area contributed by atoms with Gasteiger partial charge in [-0.15, -0.1) is 11.6 Å². The Morgan fingerprint density at radius 3 is 2.08 bits per heavy atom. The molecule has 0 spiro atoms. The van der Waals surface area contributed by atoms with E-state index in [0.717, 1.165) is 34.4 Å². The first-order valence-electron chi connectivity index (χ1n) is 12.5. The summed E-state index contributed by atoms with van der Waals surface area (Å²) in [4.78, 5) is 30.3. The molecule has 1 N–H and O–H groups in total. The van der Waals surface area contributed by atoms with Crippen LogP contribution in [0.15, 0.2) is 84.0 Å². The topological polar surface area (TPSA) is 88.4 Å². The van der Waals surface area contributed by atoms with Gasteiger partial charge in [0.25, 0.3) is 0 Å². The molecule has 0 aromatic heterocycles. The highest BCUT2D eigenvalue weighted by molar-refractivity contribution is 6.36. The fourth-order valence-corrected chi connectivity index (χ4v) is 4.49. The van der Waals surface area contributed by atoms with E-state index in [0.29, 0.717) is 6.61 Å². The number of carboxylic acid groups (broad SMARTS) is 1. The fraction of sp³-hybridized carbons (Fsp3) is 0.300. The van der Waals surface area contributed by atoms with Crippen molar-refractivity contribution in [3.8, 4) is 0 Å². The maximum Gasteiger partial charge on any atom is 0.353 e. The van der Waals surface area contributed by atoms with Crippen LogP contribution in [-0.4, -0.2) is 41.9 Å². The van der Waals surface area contributed by atoms with E-state index in [1.807, 2.05) is 92.7 Å². The van der Waals surface area contributed by atoms with Gasteiger partial charge in [-0.25, -0.2) is 4.79 Å². The molecule has 1 amide bonds. The first-order valence-corrected chi connectivity index (χ1v) is 13.0. The highest BCUT2D eigenvalue weighted by atomic mass is 35.5. The van der Waals surface area contributed by atoms with Gasteiger partial charge in [-0.1, -0.05) is 90.9 Å². The fourth-order valence-electron chi connectivity index (χ4n) is 4.35. The minimum atomic E-state index is -1.04. The van der Waals surface area contributed by atoms with Gasteiger partial charge in [0.05, 0.1) is 12.1 Å². The third kappa shape index (κ3) is 6.60. The van der Waals surface area contributed by atoms with Crippen LogP contribution >= 0.6 is 11.6 Å². The van der Waals surface area contributed by atoms with E-state index in [9.17, 15) is 9.59 Å². The molecule has 3 aromatic rings. The molecule has 0 fully saturated rings. The number of ether oxygens (including phenoxy) is 1. The van der Waals surface area contributed by atoms with Crippen molar-refractivity contribution in [1.82, 2.24) is 0 Å². The first-order chi connectivity index (χ1) is 18.4. The predicted molar refractivity (Wildman–Crippen MR) is 150 cm³/mol. The van der Waals surface area contributed by atoms with E-state index in [-0.39, 0.29) is 30.7 Å². The number of alkyl halides is 1. The van der Waals surface area contributed by atoms with Gasteiger partial charge >= 0.3 is 5.97 Å². The number of benzene rings is 3. The zero-order valence-electron chi connectivity index (χ0n) is 21.9. The number of rotatable bonds is 9. The molecule has 3 aromatic carbocycles. The lowest BCUT2D eigenvalue weighted by atomic mass is 9.82. The number of hydrogen-bond acceptors (Lipinski definition) is 5. The van der Waals surface area contributed by atoms with Crippen molar-refractivity contribution in [2.45, 2.75) is 39.2 Å². The van der Waals surface area contributed by atoms with Crippen LogP contribution < -0.4 is 4.90 Å². The lowest BCUT2D eigenvalue weighted by Gasteiger charge is -2.27. The molecular weight excluding hydrogens is 504 g/mol. The second kappa shape index (κ2) is 13.7. The number of nitrogens with zero attached hydrogens (tertiary/aromatic N) is 2. The van der Waals surface area contributed by atoms with Gasteiger partial charge in [-0.2, -0.15) is 0 Å². The smallest absolute Gasteiger partial charge is 0.353 e. The number of para-hydroxylation sites is 1. The van der Waals surface area contributed by atoms with Gasteiger partial charge in [-0.3, -0.25) is 9.69 Å². The highest BCUT2D eigenvalue weighted by Gasteiger charge is 2.44. The van der Waals surface area contributed by atoms with E-state index >= 15 is 0 Å². The summed E-state index contributed by atoms with van der Waals surface area (Å²) in [6.07, 6.45) is 1.09. The summed E-state index contributed by atoms with van der Waals surface area (Å²) in [6.45, 7) is 6.79. The molecular formula is C30H33ClN2O5. The summed E-state index contributed by atoms with van der Waals surface area (Å²) in [5.74, 6) is -1.21. The molecule has 0 aliphatic carbocycles. The number of aliphatic carboxylic acids is 1. The van der Waals surface area contributed by atoms with Crippen molar-refractivity contribution in [3.63, 3.8) is 0 Å². The van der Waals surface area contributed by atoms with Crippen LogP contribution in [0.5, 0.6) is 0 Å². The van der Waals surface area contributed by atoms with Crippen molar-refractivity contribution in [2.75, 3.05) is 24.1 Å². The molecule has 1 aliphatic rings. The molecule has 0 bridgehead atoms. The number of amides is 1. The summed E-state index contributed by atoms with van der Waals surface area (Å²) >= 11 is 5.68. The van der Waals surface area contributed by atoms with Gasteiger partial charge in [0.1, 0.15) is 12.6 Å². The van der Waals surface area contributed by atoms with Gasteiger partial charge in [0.2, 0.25) is 5.91 Å². The van der Waals surface area contributed by atoms with E-state index in [4.69, 9.17) is 26.3 Å². The van der Waals surface area contributed by atoms with Crippen molar-refractivity contribution in [1.29, 1.82) is 0 Å². The maximum atomic E-state index is 12.0. The van der Waals surface area contributed by atoms with Gasteiger partial charge in [0.15, 0.2) is 11.3 Å². The summed E-state index contributed by atoms with van der Waals surface area (Å²) < 4.78 is 5.37. The molecule has 0 radical (unpaired) electrons. The zero-order chi connectivity index (χ0) is 27.5. The SMILES string of the molecule is CCOCN(C(=O)CCl)c1c(C)cccc1CC.O=C(O)C1=NOC(c2ccccc2)(c2ccccc2)C1. The minimum absolute atomic E-state index is 0.0371. The number of carbonyl (C=O) groups is 2. The summed E-state index contributed by atoms with van der Waals surface area (Å²) in [5, 5.41) is 12.9. The van der Waals surface area contributed by atoms with E-state index in [1.165, 1.54) is 0 Å². The van der Waals surface area contributed by atoms with E-state index < -0.39 is 11.6 Å². The summed E-state index contributed by atoms with van der Waals surface area (Å²) in [7, 11) is 0. The minimum Gasteiger partial charge on any atom is -0.477 e. The molecule has 1 heterocycles. The second-order valence-corrected chi connectivity index (χ2v) is 8.95. The van der Waals surface area contributed by atoms with Gasteiger partial charge in [-0.05, 0) is 31.4 Å². The summed E-state index contributed by atoms with van der Waals surface area (Å²) in [5.41, 5.74) is 4.10. The Morgan fingerprint density at radius 1 is 1.00 bits per heavy atom. The van der Waals surface area contributed by atoms with Crippen molar-refractivity contribution in [3.05, 3.63) is 101 Å². The van der Waals surface area contributed by atoms with Crippen LogP contribution in [0, 0.1) is 6.92 Å². The summed E-state index contributed by atoms with van der Waals surface area (Å²) in [6, 6.07) is 25.2. The Labute approximate surface area is 228 Å². The van der Waals surface area contributed by atoms with E-state index in [2.05, 4.69) is 12.1 Å². The highest BCUT2D eigenvalue weighted by Crippen LogP contribution is 2.41. The Morgan fingerprint density at radius 2 is 1.61 bits per heavy atom. The van der Waals surface area contributed by atoms with Crippen LogP contribution in [0.3, 0.4) is 0 Å². The molecule has 1 aliphatic heterocycles. The Bertz CT molecular complexity index is 1210. The van der Waals surface area contributed by atoms with Crippen LogP contribution in [0.25, 0.3) is 0 Å². The van der Waals surface area contributed by atoms with Crippen LogP contribution in [0.2, 0.25) is 0 Å². The average Bonchev–Trinajstić information content (AvgIpc) is 3.42. The average molecular weight is 537 g/mol. The Balaban J connectivity index is 0.000000212. The third-order valence-electron chi connectivity index (χ3n) is 6.27. The first kappa shape index (κ1) is 28.9. The largest absolute Gasteiger partial charge is 0.477 e.